The third kappa shape index (κ3) is 2.18. The van der Waals surface area contributed by atoms with Crippen LogP contribution in [0.3, 0.4) is 0 Å². The molecule has 0 bridgehead atoms. The van der Waals surface area contributed by atoms with Crippen molar-refractivity contribution in [2.45, 2.75) is 26.3 Å². The van der Waals surface area contributed by atoms with Gasteiger partial charge in [0.1, 0.15) is 0 Å². The molecule has 1 N–H and O–H groups in total. The normalized spacial score (nSPS) is 11.0. The van der Waals surface area contributed by atoms with E-state index in [0.29, 0.717) is 5.56 Å². The number of hydrogen-bond donors (Lipinski definition) is 1. The maximum absolute atomic E-state index is 11.8. The minimum absolute atomic E-state index is 0.0917. The van der Waals surface area contributed by atoms with Crippen LogP contribution in [0.15, 0.2) is 15.8 Å². The molecule has 0 amide bonds. The molecular formula is C10H16N2O3. The van der Waals surface area contributed by atoms with E-state index < -0.39 is 0 Å². The Kier molecular flexibility index (Phi) is 3.47. The summed E-state index contributed by atoms with van der Waals surface area (Å²) in [4.78, 5) is 23.5. The average molecular weight is 212 g/mol. The lowest BCUT2D eigenvalue weighted by Crippen LogP contribution is -2.41. The number of aromatic nitrogens is 2. The molecule has 0 aliphatic carbocycles. The number of aliphatic hydroxyl groups is 1. The summed E-state index contributed by atoms with van der Waals surface area (Å²) >= 11 is 0. The summed E-state index contributed by atoms with van der Waals surface area (Å²) in [5.41, 5.74) is -0.160. The third-order valence-electron chi connectivity index (χ3n) is 2.25. The van der Waals surface area contributed by atoms with Crippen molar-refractivity contribution in [2.75, 3.05) is 6.61 Å². The van der Waals surface area contributed by atoms with E-state index in [1.54, 1.807) is 20.9 Å². The molecule has 15 heavy (non-hydrogen) atoms. The fourth-order valence-electron chi connectivity index (χ4n) is 1.50. The first-order valence-electron chi connectivity index (χ1n) is 4.91. The largest absolute Gasteiger partial charge is 0.396 e. The van der Waals surface area contributed by atoms with Crippen molar-refractivity contribution in [1.82, 2.24) is 9.13 Å². The van der Waals surface area contributed by atoms with E-state index >= 15 is 0 Å². The van der Waals surface area contributed by atoms with E-state index in [1.807, 2.05) is 0 Å². The van der Waals surface area contributed by atoms with E-state index in [-0.39, 0.29) is 30.3 Å². The Labute approximate surface area is 87.6 Å². The van der Waals surface area contributed by atoms with Gasteiger partial charge in [0.25, 0.3) is 5.56 Å². The minimum atomic E-state index is -0.323. The van der Waals surface area contributed by atoms with Crippen LogP contribution in [0.25, 0.3) is 0 Å². The quantitative estimate of drug-likeness (QED) is 0.745. The molecule has 84 valence electrons. The van der Waals surface area contributed by atoms with Gasteiger partial charge in [-0.2, -0.15) is 0 Å². The second-order valence-corrected chi connectivity index (χ2v) is 3.79. The summed E-state index contributed by atoms with van der Waals surface area (Å²) in [6, 6.07) is -0.171. The van der Waals surface area contributed by atoms with Gasteiger partial charge in [-0.15, -0.1) is 0 Å². The van der Waals surface area contributed by atoms with Crippen LogP contribution in [0.1, 0.15) is 25.5 Å². The lowest BCUT2D eigenvalue weighted by atomic mass is 10.2. The first-order chi connectivity index (χ1) is 6.99. The summed E-state index contributed by atoms with van der Waals surface area (Å²) in [5.74, 6) is 0. The predicted octanol–water partition coefficient (Wildman–Crippen LogP) is -0.337. The molecule has 0 saturated carbocycles. The van der Waals surface area contributed by atoms with Crippen molar-refractivity contribution < 1.29 is 5.11 Å². The van der Waals surface area contributed by atoms with Crippen LogP contribution in [-0.2, 0) is 13.5 Å². The molecule has 0 aromatic carbocycles. The van der Waals surface area contributed by atoms with Crippen LogP contribution in [0.5, 0.6) is 0 Å². The lowest BCUT2D eigenvalue weighted by molar-refractivity contribution is 0.298. The third-order valence-corrected chi connectivity index (χ3v) is 2.25. The Hall–Kier alpha value is -1.36. The van der Waals surface area contributed by atoms with Gasteiger partial charge in [0.05, 0.1) is 0 Å². The summed E-state index contributed by atoms with van der Waals surface area (Å²) in [6.07, 6.45) is 1.76. The van der Waals surface area contributed by atoms with Crippen molar-refractivity contribution in [3.63, 3.8) is 0 Å². The molecule has 1 rings (SSSR count). The summed E-state index contributed by atoms with van der Waals surface area (Å²) in [7, 11) is 1.60. The van der Waals surface area contributed by atoms with Gasteiger partial charge < -0.3 is 9.67 Å². The van der Waals surface area contributed by atoms with Gasteiger partial charge in [0, 0.05) is 37.9 Å². The molecule has 1 heterocycles. The van der Waals surface area contributed by atoms with Crippen molar-refractivity contribution in [2.24, 2.45) is 7.05 Å². The van der Waals surface area contributed by atoms with Crippen LogP contribution in [0.2, 0.25) is 0 Å². The topological polar surface area (TPSA) is 64.2 Å². The first kappa shape index (κ1) is 11.7. The minimum Gasteiger partial charge on any atom is -0.396 e. The van der Waals surface area contributed by atoms with Crippen LogP contribution in [0.4, 0.5) is 0 Å². The highest BCUT2D eigenvalue weighted by molar-refractivity contribution is 5.06. The fourth-order valence-corrected chi connectivity index (χ4v) is 1.50. The maximum Gasteiger partial charge on any atom is 0.330 e. The Bertz CT molecular complexity index is 457. The molecule has 0 spiro atoms. The highest BCUT2D eigenvalue weighted by Crippen LogP contribution is 1.97. The maximum atomic E-state index is 11.8. The van der Waals surface area contributed by atoms with Crippen LogP contribution in [0, 0.1) is 0 Å². The zero-order valence-electron chi connectivity index (χ0n) is 9.23. The Morgan fingerprint density at radius 1 is 1.40 bits per heavy atom. The SMILES string of the molecule is CC(C)n1c(=O)c(CCO)cn(C)c1=O. The van der Waals surface area contributed by atoms with Crippen molar-refractivity contribution in [3.8, 4) is 0 Å². The molecule has 0 aliphatic heterocycles. The molecule has 5 heteroatoms. The number of nitrogens with zero attached hydrogens (tertiary/aromatic N) is 2. The van der Waals surface area contributed by atoms with Crippen molar-refractivity contribution in [1.29, 1.82) is 0 Å². The van der Waals surface area contributed by atoms with E-state index in [2.05, 4.69) is 0 Å². The van der Waals surface area contributed by atoms with Gasteiger partial charge in [-0.1, -0.05) is 0 Å². The Balaban J connectivity index is 3.50. The lowest BCUT2D eigenvalue weighted by Gasteiger charge is -2.12. The highest BCUT2D eigenvalue weighted by atomic mass is 16.3. The number of aliphatic hydroxyl groups excluding tert-OH is 1. The van der Waals surface area contributed by atoms with Crippen molar-refractivity contribution in [3.05, 3.63) is 32.6 Å². The zero-order valence-corrected chi connectivity index (χ0v) is 9.23. The smallest absolute Gasteiger partial charge is 0.330 e. The second kappa shape index (κ2) is 4.44. The molecule has 0 radical (unpaired) electrons. The summed E-state index contributed by atoms with van der Waals surface area (Å²) in [6.45, 7) is 3.47. The molecule has 1 aromatic heterocycles. The van der Waals surface area contributed by atoms with Gasteiger partial charge in [-0.3, -0.25) is 9.36 Å². The van der Waals surface area contributed by atoms with Gasteiger partial charge in [-0.05, 0) is 13.8 Å². The molecule has 0 saturated heterocycles. The van der Waals surface area contributed by atoms with E-state index in [0.717, 1.165) is 0 Å². The summed E-state index contributed by atoms with van der Waals surface area (Å²) in [5, 5.41) is 8.80. The van der Waals surface area contributed by atoms with Gasteiger partial charge >= 0.3 is 5.69 Å². The van der Waals surface area contributed by atoms with Gasteiger partial charge in [-0.25, -0.2) is 4.79 Å². The van der Waals surface area contributed by atoms with Crippen LogP contribution in [-0.4, -0.2) is 20.8 Å². The van der Waals surface area contributed by atoms with Crippen LogP contribution < -0.4 is 11.2 Å². The van der Waals surface area contributed by atoms with Crippen LogP contribution >= 0.6 is 0 Å². The summed E-state index contributed by atoms with van der Waals surface area (Å²) < 4.78 is 2.57. The molecule has 0 atom stereocenters. The van der Waals surface area contributed by atoms with E-state index in [4.69, 9.17) is 5.11 Å². The number of rotatable bonds is 3. The molecule has 5 nitrogen and oxygen atoms in total. The fraction of sp³-hybridized carbons (Fsp3) is 0.600. The molecule has 0 aliphatic rings. The molecule has 0 unspecified atom stereocenters. The molecular weight excluding hydrogens is 196 g/mol. The number of aryl methyl sites for hydroxylation is 1. The Morgan fingerprint density at radius 3 is 2.47 bits per heavy atom. The average Bonchev–Trinajstić information content (AvgIpc) is 2.14. The van der Waals surface area contributed by atoms with E-state index in [9.17, 15) is 9.59 Å². The van der Waals surface area contributed by atoms with Gasteiger partial charge in [0.15, 0.2) is 0 Å². The zero-order chi connectivity index (χ0) is 11.6. The van der Waals surface area contributed by atoms with E-state index in [1.165, 1.54) is 15.3 Å². The standard InChI is InChI=1S/C10H16N2O3/c1-7(2)12-9(14)8(4-5-13)6-11(3)10(12)15/h6-7,13H,4-5H2,1-3H3. The Morgan fingerprint density at radius 2 is 2.00 bits per heavy atom. The monoisotopic (exact) mass is 212 g/mol. The number of hydrogen-bond acceptors (Lipinski definition) is 3. The predicted molar refractivity (Wildman–Crippen MR) is 57.1 cm³/mol. The van der Waals surface area contributed by atoms with Gasteiger partial charge in [0.2, 0.25) is 0 Å². The molecule has 0 fully saturated rings. The highest BCUT2D eigenvalue weighted by Gasteiger charge is 2.11. The second-order valence-electron chi connectivity index (χ2n) is 3.79. The van der Waals surface area contributed by atoms with Crippen molar-refractivity contribution >= 4 is 0 Å². The first-order valence-corrected chi connectivity index (χ1v) is 4.91. The molecule has 1 aromatic rings.